The summed E-state index contributed by atoms with van der Waals surface area (Å²) < 4.78 is 5.97. The first kappa shape index (κ1) is 17.8. The Kier molecular flexibility index (Phi) is 6.30. The van der Waals surface area contributed by atoms with Crippen LogP contribution in [0.5, 0.6) is 5.75 Å². The van der Waals surface area contributed by atoms with E-state index >= 15 is 0 Å². The standard InChI is InChI=1S/C23H29NO/c1-2-18(15-16-24)17-25-21-13-11-20(12-14-21)23-10-6-4-8-19-7-3-5-9-22(19)23/h3,5,7,9-14,18H,2,4,6,8,15-17,24H2,1H3/t18-/m1/s1. The molecule has 2 N–H and O–H groups in total. The molecule has 0 bridgehead atoms. The highest BCUT2D eigenvalue weighted by Crippen LogP contribution is 2.31. The summed E-state index contributed by atoms with van der Waals surface area (Å²) in [4.78, 5) is 0. The molecule has 0 heterocycles. The van der Waals surface area contributed by atoms with Gasteiger partial charge in [0.25, 0.3) is 0 Å². The van der Waals surface area contributed by atoms with Gasteiger partial charge in [0.15, 0.2) is 0 Å². The van der Waals surface area contributed by atoms with Gasteiger partial charge >= 0.3 is 0 Å². The molecule has 0 saturated carbocycles. The number of ether oxygens (including phenoxy) is 1. The van der Waals surface area contributed by atoms with Crippen LogP contribution in [-0.2, 0) is 6.42 Å². The molecule has 0 aliphatic heterocycles. The van der Waals surface area contributed by atoms with Crippen LogP contribution in [-0.4, -0.2) is 13.2 Å². The first-order valence-corrected chi connectivity index (χ1v) is 9.53. The smallest absolute Gasteiger partial charge is 0.119 e. The van der Waals surface area contributed by atoms with Gasteiger partial charge in [0.05, 0.1) is 6.61 Å². The number of rotatable bonds is 7. The summed E-state index contributed by atoms with van der Waals surface area (Å²) in [5.41, 5.74) is 11.1. The minimum absolute atomic E-state index is 0.543. The van der Waals surface area contributed by atoms with Crippen LogP contribution in [0.4, 0.5) is 0 Å². The first-order chi connectivity index (χ1) is 12.3. The number of fused-ring (bicyclic) bond motifs is 1. The van der Waals surface area contributed by atoms with Crippen molar-refractivity contribution in [3.63, 3.8) is 0 Å². The Balaban J connectivity index is 1.73. The van der Waals surface area contributed by atoms with Crippen LogP contribution < -0.4 is 10.5 Å². The molecule has 0 amide bonds. The molecule has 0 unspecified atom stereocenters. The lowest BCUT2D eigenvalue weighted by molar-refractivity contribution is 0.238. The van der Waals surface area contributed by atoms with E-state index in [4.69, 9.17) is 10.5 Å². The number of hydrogen-bond acceptors (Lipinski definition) is 2. The monoisotopic (exact) mass is 335 g/mol. The zero-order valence-corrected chi connectivity index (χ0v) is 15.2. The molecule has 0 fully saturated rings. The fourth-order valence-electron chi connectivity index (χ4n) is 3.51. The molecule has 2 aromatic rings. The van der Waals surface area contributed by atoms with Crippen molar-refractivity contribution in [3.05, 3.63) is 71.3 Å². The molecule has 1 aliphatic rings. The molecular weight excluding hydrogens is 306 g/mol. The van der Waals surface area contributed by atoms with Crippen LogP contribution in [0.1, 0.15) is 49.3 Å². The molecule has 3 rings (SSSR count). The maximum absolute atomic E-state index is 5.97. The molecule has 2 heteroatoms. The number of hydrogen-bond donors (Lipinski definition) is 1. The van der Waals surface area contributed by atoms with Gasteiger partial charge < -0.3 is 10.5 Å². The van der Waals surface area contributed by atoms with Gasteiger partial charge in [-0.25, -0.2) is 0 Å². The second kappa shape index (κ2) is 8.87. The number of allylic oxidation sites excluding steroid dienone is 1. The highest BCUT2D eigenvalue weighted by Gasteiger charge is 2.13. The lowest BCUT2D eigenvalue weighted by Crippen LogP contribution is -2.15. The Hall–Kier alpha value is -2.06. The summed E-state index contributed by atoms with van der Waals surface area (Å²) in [6.07, 6.45) is 8.05. The molecular formula is C23H29NO. The van der Waals surface area contributed by atoms with Crippen LogP contribution in [0, 0.1) is 5.92 Å². The molecule has 2 nitrogen and oxygen atoms in total. The zero-order chi connectivity index (χ0) is 17.5. The third kappa shape index (κ3) is 4.52. The number of nitrogens with two attached hydrogens (primary N) is 1. The maximum Gasteiger partial charge on any atom is 0.119 e. The molecule has 0 aromatic heterocycles. The van der Waals surface area contributed by atoms with Crippen molar-refractivity contribution >= 4 is 5.57 Å². The fourth-order valence-corrected chi connectivity index (χ4v) is 3.51. The first-order valence-electron chi connectivity index (χ1n) is 9.53. The van der Waals surface area contributed by atoms with Crippen molar-refractivity contribution in [2.45, 2.75) is 39.0 Å². The van der Waals surface area contributed by atoms with Gasteiger partial charge in [-0.2, -0.15) is 0 Å². The molecule has 1 aliphatic carbocycles. The SMILES string of the molecule is CC[C@H](CCN)COc1ccc(C2=CCCCc3ccccc32)cc1. The Labute approximate surface area is 151 Å². The van der Waals surface area contributed by atoms with Gasteiger partial charge in [0, 0.05) is 0 Å². The number of aryl methyl sites for hydroxylation is 1. The van der Waals surface area contributed by atoms with E-state index in [1.165, 1.54) is 28.7 Å². The fraction of sp³-hybridized carbons (Fsp3) is 0.391. The normalized spacial score (nSPS) is 15.0. The third-order valence-corrected chi connectivity index (χ3v) is 5.11. The molecule has 25 heavy (non-hydrogen) atoms. The summed E-state index contributed by atoms with van der Waals surface area (Å²) >= 11 is 0. The maximum atomic E-state index is 5.97. The van der Waals surface area contributed by atoms with E-state index in [0.717, 1.165) is 44.6 Å². The summed E-state index contributed by atoms with van der Waals surface area (Å²) in [5, 5.41) is 0. The Morgan fingerprint density at radius 3 is 2.64 bits per heavy atom. The van der Waals surface area contributed by atoms with Gasteiger partial charge in [-0.15, -0.1) is 0 Å². The Morgan fingerprint density at radius 1 is 1.08 bits per heavy atom. The van der Waals surface area contributed by atoms with Gasteiger partial charge in [-0.3, -0.25) is 0 Å². The lowest BCUT2D eigenvalue weighted by atomic mass is 9.94. The lowest BCUT2D eigenvalue weighted by Gasteiger charge is -2.16. The van der Waals surface area contributed by atoms with E-state index in [-0.39, 0.29) is 0 Å². The molecule has 1 atom stereocenters. The topological polar surface area (TPSA) is 35.2 Å². The van der Waals surface area contributed by atoms with Crippen molar-refractivity contribution in [2.75, 3.05) is 13.2 Å². The van der Waals surface area contributed by atoms with Gasteiger partial charge in [0.2, 0.25) is 0 Å². The summed E-state index contributed by atoms with van der Waals surface area (Å²) in [6, 6.07) is 17.4. The van der Waals surface area contributed by atoms with Gasteiger partial charge in [-0.1, -0.05) is 55.8 Å². The van der Waals surface area contributed by atoms with Crippen molar-refractivity contribution < 1.29 is 4.74 Å². The highest BCUT2D eigenvalue weighted by molar-refractivity contribution is 5.82. The van der Waals surface area contributed by atoms with Crippen molar-refractivity contribution in [1.29, 1.82) is 0 Å². The average Bonchev–Trinajstić information content (AvgIpc) is 2.88. The summed E-state index contributed by atoms with van der Waals surface area (Å²) in [5.74, 6) is 1.49. The van der Waals surface area contributed by atoms with E-state index in [9.17, 15) is 0 Å². The van der Waals surface area contributed by atoms with Crippen LogP contribution in [0.15, 0.2) is 54.6 Å². The van der Waals surface area contributed by atoms with E-state index in [1.54, 1.807) is 0 Å². The van der Waals surface area contributed by atoms with E-state index in [0.29, 0.717) is 5.92 Å². The van der Waals surface area contributed by atoms with Gasteiger partial charge in [-0.05, 0) is 72.5 Å². The van der Waals surface area contributed by atoms with Crippen LogP contribution in [0.25, 0.3) is 5.57 Å². The van der Waals surface area contributed by atoms with Crippen LogP contribution in [0.3, 0.4) is 0 Å². The quantitative estimate of drug-likeness (QED) is 0.754. The second-order valence-electron chi connectivity index (χ2n) is 6.85. The van der Waals surface area contributed by atoms with Gasteiger partial charge in [0.1, 0.15) is 5.75 Å². The van der Waals surface area contributed by atoms with E-state index < -0.39 is 0 Å². The van der Waals surface area contributed by atoms with Crippen molar-refractivity contribution in [1.82, 2.24) is 0 Å². The average molecular weight is 335 g/mol. The molecule has 0 spiro atoms. The minimum atomic E-state index is 0.543. The highest BCUT2D eigenvalue weighted by atomic mass is 16.5. The molecule has 2 aromatic carbocycles. The third-order valence-electron chi connectivity index (χ3n) is 5.11. The van der Waals surface area contributed by atoms with Crippen LogP contribution in [0.2, 0.25) is 0 Å². The summed E-state index contributed by atoms with van der Waals surface area (Å²) in [6.45, 7) is 3.68. The van der Waals surface area contributed by atoms with Crippen molar-refractivity contribution in [2.24, 2.45) is 11.7 Å². The predicted octanol–water partition coefficient (Wildman–Crippen LogP) is 5.21. The Bertz CT molecular complexity index is 702. The zero-order valence-electron chi connectivity index (χ0n) is 15.2. The second-order valence-corrected chi connectivity index (χ2v) is 6.85. The van der Waals surface area contributed by atoms with Crippen LogP contribution >= 0.6 is 0 Å². The van der Waals surface area contributed by atoms with E-state index in [1.807, 2.05) is 0 Å². The molecule has 0 radical (unpaired) electrons. The number of benzene rings is 2. The Morgan fingerprint density at radius 2 is 1.88 bits per heavy atom. The van der Waals surface area contributed by atoms with E-state index in [2.05, 4.69) is 61.5 Å². The largest absolute Gasteiger partial charge is 0.493 e. The molecule has 132 valence electrons. The summed E-state index contributed by atoms with van der Waals surface area (Å²) in [7, 11) is 0. The predicted molar refractivity (Wildman–Crippen MR) is 106 cm³/mol. The van der Waals surface area contributed by atoms with Crippen molar-refractivity contribution in [3.8, 4) is 5.75 Å². The molecule has 0 saturated heterocycles. The minimum Gasteiger partial charge on any atom is -0.493 e.